The second kappa shape index (κ2) is 10.3. The third kappa shape index (κ3) is 5.19. The average molecular weight is 461 g/mol. The van der Waals surface area contributed by atoms with Crippen molar-refractivity contribution in [3.8, 4) is 11.5 Å². The standard InChI is InChI=1S/C24H30F2N4O3/c1-3-28-16-19(14-23(28)31)29-12-9-18(10-13-29)30(21-15-27-11-8-22(21)32-2)17-4-6-20(7-5-17)33-24(25)26/h4-8,11,15,18-19,24H,3,9-10,12-14,16H2,1-2H3/t19-/m1/s1. The highest BCUT2D eigenvalue weighted by Gasteiger charge is 2.36. The molecule has 4 rings (SSSR count). The second-order valence-corrected chi connectivity index (χ2v) is 8.35. The molecule has 1 atom stereocenters. The molecule has 0 spiro atoms. The van der Waals surface area contributed by atoms with Crippen molar-refractivity contribution >= 4 is 17.3 Å². The highest BCUT2D eigenvalue weighted by atomic mass is 19.3. The topological polar surface area (TPSA) is 58.1 Å². The van der Waals surface area contributed by atoms with Crippen LogP contribution in [0.5, 0.6) is 11.5 Å². The molecule has 9 heteroatoms. The summed E-state index contributed by atoms with van der Waals surface area (Å²) >= 11 is 0. The Balaban J connectivity index is 1.54. The highest BCUT2D eigenvalue weighted by Crippen LogP contribution is 2.38. The molecule has 1 amide bonds. The van der Waals surface area contributed by atoms with Crippen molar-refractivity contribution in [1.82, 2.24) is 14.8 Å². The number of anilines is 2. The number of ether oxygens (including phenoxy) is 2. The van der Waals surface area contributed by atoms with E-state index in [4.69, 9.17) is 4.74 Å². The molecule has 0 N–H and O–H groups in total. The number of halogens is 2. The fourth-order valence-corrected chi connectivity index (χ4v) is 4.87. The normalized spacial score (nSPS) is 19.8. The van der Waals surface area contributed by atoms with Gasteiger partial charge in [0.15, 0.2) is 0 Å². The van der Waals surface area contributed by atoms with Gasteiger partial charge in [-0.15, -0.1) is 0 Å². The van der Waals surface area contributed by atoms with E-state index in [2.05, 4.69) is 19.5 Å². The van der Waals surface area contributed by atoms with E-state index in [1.54, 1.807) is 43.8 Å². The lowest BCUT2D eigenvalue weighted by Gasteiger charge is -2.41. The molecule has 2 aliphatic rings. The Labute approximate surface area is 192 Å². The van der Waals surface area contributed by atoms with Crippen LogP contribution in [-0.2, 0) is 4.79 Å². The molecular formula is C24H30F2N4O3. The zero-order valence-electron chi connectivity index (χ0n) is 19.0. The van der Waals surface area contributed by atoms with Crippen LogP contribution in [0.1, 0.15) is 26.2 Å². The quantitative estimate of drug-likeness (QED) is 0.595. The fraction of sp³-hybridized carbons (Fsp3) is 0.500. The van der Waals surface area contributed by atoms with Gasteiger partial charge < -0.3 is 19.3 Å². The summed E-state index contributed by atoms with van der Waals surface area (Å²) in [6.07, 6.45) is 5.82. The Kier molecular flexibility index (Phi) is 7.27. The van der Waals surface area contributed by atoms with Crippen molar-refractivity contribution in [2.75, 3.05) is 38.2 Å². The zero-order chi connectivity index (χ0) is 23.4. The molecule has 1 aromatic heterocycles. The molecule has 33 heavy (non-hydrogen) atoms. The number of rotatable bonds is 8. The number of nitrogens with zero attached hydrogens (tertiary/aromatic N) is 4. The number of piperidine rings is 1. The van der Waals surface area contributed by atoms with Gasteiger partial charge in [-0.1, -0.05) is 0 Å². The highest BCUT2D eigenvalue weighted by molar-refractivity contribution is 5.79. The lowest BCUT2D eigenvalue weighted by atomic mass is 9.99. The van der Waals surface area contributed by atoms with Gasteiger partial charge in [0.2, 0.25) is 5.91 Å². The van der Waals surface area contributed by atoms with E-state index in [0.717, 1.165) is 50.4 Å². The van der Waals surface area contributed by atoms with Gasteiger partial charge in [-0.2, -0.15) is 8.78 Å². The van der Waals surface area contributed by atoms with Crippen LogP contribution in [0.3, 0.4) is 0 Å². The number of alkyl halides is 2. The number of pyridine rings is 1. The molecule has 0 bridgehead atoms. The summed E-state index contributed by atoms with van der Waals surface area (Å²) in [4.78, 5) is 23.0. The molecule has 1 aromatic carbocycles. The van der Waals surface area contributed by atoms with Crippen LogP contribution < -0.4 is 14.4 Å². The zero-order valence-corrected chi connectivity index (χ0v) is 19.0. The molecule has 0 saturated carbocycles. The Morgan fingerprint density at radius 2 is 1.91 bits per heavy atom. The smallest absolute Gasteiger partial charge is 0.387 e. The Morgan fingerprint density at radius 1 is 1.18 bits per heavy atom. The number of benzene rings is 1. The van der Waals surface area contributed by atoms with Crippen LogP contribution in [0, 0.1) is 0 Å². The van der Waals surface area contributed by atoms with E-state index in [9.17, 15) is 13.6 Å². The van der Waals surface area contributed by atoms with Crippen molar-refractivity contribution < 1.29 is 23.0 Å². The van der Waals surface area contributed by atoms with Gasteiger partial charge in [0.05, 0.1) is 13.3 Å². The first-order chi connectivity index (χ1) is 16.0. The number of hydrogen-bond donors (Lipinski definition) is 0. The van der Waals surface area contributed by atoms with Crippen molar-refractivity contribution in [3.05, 3.63) is 42.7 Å². The maximum Gasteiger partial charge on any atom is 0.387 e. The summed E-state index contributed by atoms with van der Waals surface area (Å²) in [6.45, 7) is 2.47. The Bertz CT molecular complexity index is 936. The van der Waals surface area contributed by atoms with Gasteiger partial charge in [0, 0.05) is 62.6 Å². The van der Waals surface area contributed by atoms with Crippen LogP contribution in [0.25, 0.3) is 0 Å². The molecular weight excluding hydrogens is 430 g/mol. The number of likely N-dealkylation sites (N-methyl/N-ethyl adjacent to an activating group) is 1. The monoisotopic (exact) mass is 460 g/mol. The molecule has 0 unspecified atom stereocenters. The number of methoxy groups -OCH3 is 1. The van der Waals surface area contributed by atoms with Gasteiger partial charge >= 0.3 is 6.61 Å². The van der Waals surface area contributed by atoms with E-state index >= 15 is 0 Å². The van der Waals surface area contributed by atoms with E-state index in [1.165, 1.54) is 0 Å². The van der Waals surface area contributed by atoms with E-state index < -0.39 is 6.61 Å². The number of carbonyl (C=O) groups excluding carboxylic acids is 1. The molecule has 2 aliphatic heterocycles. The molecule has 0 aliphatic carbocycles. The number of hydrogen-bond acceptors (Lipinski definition) is 6. The average Bonchev–Trinajstić information content (AvgIpc) is 3.21. The first-order valence-corrected chi connectivity index (χ1v) is 11.3. The second-order valence-electron chi connectivity index (χ2n) is 8.35. The predicted molar refractivity (Wildman–Crippen MR) is 121 cm³/mol. The first kappa shape index (κ1) is 23.2. The molecule has 2 saturated heterocycles. The summed E-state index contributed by atoms with van der Waals surface area (Å²) in [6, 6.07) is 8.92. The Hall–Kier alpha value is -2.94. The van der Waals surface area contributed by atoms with Crippen LogP contribution in [-0.4, -0.2) is 72.7 Å². The fourth-order valence-electron chi connectivity index (χ4n) is 4.87. The Morgan fingerprint density at radius 3 is 2.52 bits per heavy atom. The van der Waals surface area contributed by atoms with Gasteiger partial charge in [0.25, 0.3) is 0 Å². The van der Waals surface area contributed by atoms with Crippen molar-refractivity contribution in [2.24, 2.45) is 0 Å². The summed E-state index contributed by atoms with van der Waals surface area (Å²) in [5.74, 6) is 1.05. The van der Waals surface area contributed by atoms with Gasteiger partial charge in [-0.25, -0.2) is 0 Å². The number of carbonyl (C=O) groups is 1. The van der Waals surface area contributed by atoms with Crippen molar-refractivity contribution in [2.45, 2.75) is 44.9 Å². The summed E-state index contributed by atoms with van der Waals surface area (Å²) < 4.78 is 35.3. The minimum absolute atomic E-state index is 0.119. The van der Waals surface area contributed by atoms with E-state index in [-0.39, 0.29) is 23.7 Å². The molecule has 2 fully saturated rings. The maximum atomic E-state index is 12.6. The predicted octanol–water partition coefficient (Wildman–Crippen LogP) is 3.91. The number of likely N-dealkylation sites (tertiary alicyclic amines) is 2. The lowest BCUT2D eigenvalue weighted by Crippen LogP contribution is -2.48. The van der Waals surface area contributed by atoms with Crippen LogP contribution in [0.4, 0.5) is 20.2 Å². The maximum absolute atomic E-state index is 12.6. The molecule has 2 aromatic rings. The third-order valence-corrected chi connectivity index (χ3v) is 6.54. The minimum atomic E-state index is -2.86. The van der Waals surface area contributed by atoms with Gasteiger partial charge in [0.1, 0.15) is 17.2 Å². The minimum Gasteiger partial charge on any atom is -0.494 e. The van der Waals surface area contributed by atoms with Gasteiger partial charge in [-0.05, 0) is 44.0 Å². The van der Waals surface area contributed by atoms with Crippen LogP contribution in [0.15, 0.2) is 42.7 Å². The molecule has 178 valence electrons. The van der Waals surface area contributed by atoms with E-state index in [1.807, 2.05) is 17.9 Å². The van der Waals surface area contributed by atoms with Crippen LogP contribution >= 0.6 is 0 Å². The third-order valence-electron chi connectivity index (χ3n) is 6.54. The summed E-state index contributed by atoms with van der Waals surface area (Å²) in [5, 5.41) is 0. The number of aromatic nitrogens is 1. The van der Waals surface area contributed by atoms with Crippen molar-refractivity contribution in [3.63, 3.8) is 0 Å². The first-order valence-electron chi connectivity index (χ1n) is 11.3. The lowest BCUT2D eigenvalue weighted by molar-refractivity contribution is -0.127. The summed E-state index contributed by atoms with van der Waals surface area (Å²) in [7, 11) is 1.62. The van der Waals surface area contributed by atoms with Gasteiger partial charge in [-0.3, -0.25) is 14.7 Å². The van der Waals surface area contributed by atoms with Crippen LogP contribution in [0.2, 0.25) is 0 Å². The molecule has 3 heterocycles. The van der Waals surface area contributed by atoms with E-state index in [0.29, 0.717) is 12.2 Å². The molecule has 0 radical (unpaired) electrons. The largest absolute Gasteiger partial charge is 0.494 e. The summed E-state index contributed by atoms with van der Waals surface area (Å²) in [5.41, 5.74) is 1.68. The number of amides is 1. The molecule has 7 nitrogen and oxygen atoms in total. The SMILES string of the molecule is CCN1C[C@H](N2CCC(N(c3ccc(OC(F)F)cc3)c3cnccc3OC)CC2)CC1=O. The van der Waals surface area contributed by atoms with Crippen molar-refractivity contribution in [1.29, 1.82) is 0 Å².